The van der Waals surface area contributed by atoms with Gasteiger partial charge in [-0.15, -0.1) is 11.6 Å². The molecule has 4 nitrogen and oxygen atoms in total. The molecule has 1 heterocycles. The van der Waals surface area contributed by atoms with Crippen molar-refractivity contribution in [3.63, 3.8) is 0 Å². The van der Waals surface area contributed by atoms with Gasteiger partial charge in [-0.1, -0.05) is 0 Å². The molecule has 0 radical (unpaired) electrons. The summed E-state index contributed by atoms with van der Waals surface area (Å²) in [4.78, 5) is 13.6. The Morgan fingerprint density at radius 1 is 1.38 bits per heavy atom. The zero-order chi connectivity index (χ0) is 11.8. The number of esters is 1. The van der Waals surface area contributed by atoms with Crippen LogP contribution in [0.4, 0.5) is 0 Å². The van der Waals surface area contributed by atoms with E-state index in [1.165, 1.54) is 7.11 Å². The van der Waals surface area contributed by atoms with E-state index in [0.717, 1.165) is 39.1 Å². The fourth-order valence-electron chi connectivity index (χ4n) is 1.91. The van der Waals surface area contributed by atoms with Crippen LogP contribution in [0.2, 0.25) is 0 Å². The predicted octanol–water partition coefficient (Wildman–Crippen LogP) is 1.13. The molecule has 0 aliphatic carbocycles. The maximum Gasteiger partial charge on any atom is 0.308 e. The second-order valence-corrected chi connectivity index (χ2v) is 4.32. The van der Waals surface area contributed by atoms with Crippen molar-refractivity contribution >= 4 is 17.6 Å². The number of hydrogen-bond donors (Lipinski definition) is 0. The summed E-state index contributed by atoms with van der Waals surface area (Å²) in [7, 11) is 1.45. The molecule has 0 aromatic carbocycles. The number of carbonyl (C=O) groups excluding carboxylic acids is 1. The zero-order valence-corrected chi connectivity index (χ0v) is 10.5. The maximum absolute atomic E-state index is 11.3. The molecule has 0 amide bonds. The molecular weight excluding hydrogens is 230 g/mol. The Bertz CT molecular complexity index is 205. The molecule has 1 saturated heterocycles. The summed E-state index contributed by atoms with van der Waals surface area (Å²) in [6.45, 7) is 4.15. The summed E-state index contributed by atoms with van der Waals surface area (Å²) in [5.74, 6) is 0.563. The molecule has 0 atom stereocenters. The Morgan fingerprint density at radius 2 is 2.06 bits per heavy atom. The van der Waals surface area contributed by atoms with Gasteiger partial charge in [-0.05, 0) is 25.9 Å². The lowest BCUT2D eigenvalue weighted by molar-refractivity contribution is -0.147. The lowest BCUT2D eigenvalue weighted by Crippen LogP contribution is -2.38. The number of methoxy groups -OCH3 is 1. The number of hydrogen-bond acceptors (Lipinski definition) is 4. The van der Waals surface area contributed by atoms with Crippen LogP contribution >= 0.6 is 11.6 Å². The van der Waals surface area contributed by atoms with Crippen LogP contribution in [0.1, 0.15) is 12.8 Å². The third-order valence-electron chi connectivity index (χ3n) is 2.90. The van der Waals surface area contributed by atoms with Crippen molar-refractivity contribution in [1.29, 1.82) is 0 Å². The van der Waals surface area contributed by atoms with E-state index in [2.05, 4.69) is 4.90 Å². The number of nitrogens with zero attached hydrogens (tertiary/aromatic N) is 1. The van der Waals surface area contributed by atoms with E-state index in [4.69, 9.17) is 21.1 Å². The van der Waals surface area contributed by atoms with Crippen molar-refractivity contribution in [3.8, 4) is 0 Å². The highest BCUT2D eigenvalue weighted by Crippen LogP contribution is 2.17. The van der Waals surface area contributed by atoms with Crippen molar-refractivity contribution in [2.75, 3.05) is 45.8 Å². The summed E-state index contributed by atoms with van der Waals surface area (Å²) >= 11 is 5.50. The fourth-order valence-corrected chi connectivity index (χ4v) is 2.02. The van der Waals surface area contributed by atoms with Gasteiger partial charge in [0.05, 0.1) is 26.2 Å². The van der Waals surface area contributed by atoms with E-state index in [-0.39, 0.29) is 11.9 Å². The fraction of sp³-hybridized carbons (Fsp3) is 0.909. The molecule has 0 aromatic rings. The van der Waals surface area contributed by atoms with Gasteiger partial charge in [-0.3, -0.25) is 4.79 Å². The third-order valence-corrected chi connectivity index (χ3v) is 3.05. The van der Waals surface area contributed by atoms with Gasteiger partial charge in [0, 0.05) is 12.4 Å². The quantitative estimate of drug-likeness (QED) is 0.402. The summed E-state index contributed by atoms with van der Waals surface area (Å²) < 4.78 is 10.1. The van der Waals surface area contributed by atoms with Crippen molar-refractivity contribution in [3.05, 3.63) is 0 Å². The molecule has 1 fully saturated rings. The molecule has 16 heavy (non-hydrogen) atoms. The van der Waals surface area contributed by atoms with E-state index in [0.29, 0.717) is 12.5 Å². The van der Waals surface area contributed by atoms with Gasteiger partial charge in [0.1, 0.15) is 0 Å². The molecule has 0 N–H and O–H groups in total. The highest BCUT2D eigenvalue weighted by Gasteiger charge is 2.25. The van der Waals surface area contributed by atoms with Crippen LogP contribution < -0.4 is 0 Å². The number of likely N-dealkylation sites (tertiary alicyclic amines) is 1. The van der Waals surface area contributed by atoms with E-state index in [1.54, 1.807) is 0 Å². The van der Waals surface area contributed by atoms with Crippen molar-refractivity contribution in [1.82, 2.24) is 4.90 Å². The molecule has 0 aromatic heterocycles. The molecule has 0 unspecified atom stereocenters. The summed E-state index contributed by atoms with van der Waals surface area (Å²) in [5, 5.41) is 0. The average molecular weight is 250 g/mol. The van der Waals surface area contributed by atoms with Gasteiger partial charge in [0.15, 0.2) is 0 Å². The molecule has 0 saturated carbocycles. The molecule has 0 spiro atoms. The van der Waals surface area contributed by atoms with Crippen LogP contribution in [-0.2, 0) is 14.3 Å². The van der Waals surface area contributed by atoms with Crippen LogP contribution in [-0.4, -0.2) is 56.7 Å². The van der Waals surface area contributed by atoms with Gasteiger partial charge < -0.3 is 14.4 Å². The van der Waals surface area contributed by atoms with Crippen molar-refractivity contribution < 1.29 is 14.3 Å². The number of piperidine rings is 1. The van der Waals surface area contributed by atoms with Gasteiger partial charge >= 0.3 is 5.97 Å². The molecule has 1 aliphatic heterocycles. The van der Waals surface area contributed by atoms with E-state index < -0.39 is 0 Å². The highest BCUT2D eigenvalue weighted by atomic mass is 35.5. The first-order valence-electron chi connectivity index (χ1n) is 5.71. The standard InChI is InChI=1S/C11H20ClNO3/c1-15-11(14)10-2-5-13(6-3-10)7-9-16-8-4-12/h10H,2-9H2,1H3. The zero-order valence-electron chi connectivity index (χ0n) is 9.78. The number of alkyl halides is 1. The summed E-state index contributed by atoms with van der Waals surface area (Å²) in [6, 6.07) is 0. The second-order valence-electron chi connectivity index (χ2n) is 3.94. The molecular formula is C11H20ClNO3. The lowest BCUT2D eigenvalue weighted by Gasteiger charge is -2.30. The van der Waals surface area contributed by atoms with E-state index in [9.17, 15) is 4.79 Å². The first-order chi connectivity index (χ1) is 7.77. The molecule has 5 heteroatoms. The van der Waals surface area contributed by atoms with Gasteiger partial charge in [0.2, 0.25) is 0 Å². The predicted molar refractivity (Wildman–Crippen MR) is 62.7 cm³/mol. The molecule has 0 bridgehead atoms. The Morgan fingerprint density at radius 3 is 2.62 bits per heavy atom. The van der Waals surface area contributed by atoms with Crippen molar-refractivity contribution in [2.45, 2.75) is 12.8 Å². The summed E-state index contributed by atoms with van der Waals surface area (Å²) in [5.41, 5.74) is 0. The number of carbonyl (C=O) groups is 1. The first-order valence-corrected chi connectivity index (χ1v) is 6.25. The third kappa shape index (κ3) is 4.68. The minimum absolute atomic E-state index is 0.0713. The maximum atomic E-state index is 11.3. The Balaban J connectivity index is 2.10. The minimum Gasteiger partial charge on any atom is -0.469 e. The summed E-state index contributed by atoms with van der Waals surface area (Å²) in [6.07, 6.45) is 1.78. The Hall–Kier alpha value is -0.320. The number of ether oxygens (including phenoxy) is 2. The van der Waals surface area contributed by atoms with Gasteiger partial charge in [0.25, 0.3) is 0 Å². The van der Waals surface area contributed by atoms with E-state index in [1.807, 2.05) is 0 Å². The Labute approximate surface area is 102 Å². The monoisotopic (exact) mass is 249 g/mol. The average Bonchev–Trinajstić information content (AvgIpc) is 2.34. The number of rotatable bonds is 6. The van der Waals surface area contributed by atoms with Crippen LogP contribution in [0.15, 0.2) is 0 Å². The van der Waals surface area contributed by atoms with Crippen LogP contribution in [0, 0.1) is 5.92 Å². The van der Waals surface area contributed by atoms with Crippen molar-refractivity contribution in [2.24, 2.45) is 5.92 Å². The first kappa shape index (κ1) is 13.7. The Kier molecular flexibility index (Phi) is 6.76. The second kappa shape index (κ2) is 7.87. The SMILES string of the molecule is COC(=O)C1CCN(CCOCCCl)CC1. The van der Waals surface area contributed by atoms with Gasteiger partial charge in [-0.2, -0.15) is 0 Å². The van der Waals surface area contributed by atoms with Gasteiger partial charge in [-0.25, -0.2) is 0 Å². The highest BCUT2D eigenvalue weighted by molar-refractivity contribution is 6.17. The number of halogens is 1. The molecule has 1 rings (SSSR count). The van der Waals surface area contributed by atoms with E-state index >= 15 is 0 Å². The molecule has 94 valence electrons. The van der Waals surface area contributed by atoms with Crippen LogP contribution in [0.25, 0.3) is 0 Å². The van der Waals surface area contributed by atoms with Crippen LogP contribution in [0.5, 0.6) is 0 Å². The normalized spacial score (nSPS) is 18.6. The minimum atomic E-state index is -0.0713. The largest absolute Gasteiger partial charge is 0.469 e. The van der Waals surface area contributed by atoms with Crippen LogP contribution in [0.3, 0.4) is 0 Å². The molecule has 1 aliphatic rings. The topological polar surface area (TPSA) is 38.8 Å². The smallest absolute Gasteiger partial charge is 0.308 e. The lowest BCUT2D eigenvalue weighted by atomic mass is 9.97.